The van der Waals surface area contributed by atoms with Crippen molar-refractivity contribution in [2.45, 2.75) is 38.4 Å². The van der Waals surface area contributed by atoms with Crippen LogP contribution in [0.2, 0.25) is 0 Å². The SMILES string of the molecule is Cn1c(CN(Cc2ccsc2)[C@@H]2CC23CCNCC3)nc2ccccc21. The van der Waals surface area contributed by atoms with Crippen LogP contribution in [0, 0.1) is 5.41 Å². The largest absolute Gasteiger partial charge is 0.330 e. The fourth-order valence-electron chi connectivity index (χ4n) is 4.72. The van der Waals surface area contributed by atoms with Gasteiger partial charge in [-0.15, -0.1) is 0 Å². The van der Waals surface area contributed by atoms with Gasteiger partial charge in [-0.1, -0.05) is 12.1 Å². The van der Waals surface area contributed by atoms with Gasteiger partial charge in [0, 0.05) is 19.6 Å². The summed E-state index contributed by atoms with van der Waals surface area (Å²) >= 11 is 1.80. The summed E-state index contributed by atoms with van der Waals surface area (Å²) in [5.41, 5.74) is 4.31. The minimum atomic E-state index is 0.547. The number of thiophene rings is 1. The Morgan fingerprint density at radius 2 is 2.08 bits per heavy atom. The van der Waals surface area contributed by atoms with Gasteiger partial charge in [0.1, 0.15) is 5.82 Å². The third kappa shape index (κ3) is 2.88. The molecule has 0 unspecified atom stereocenters. The summed E-state index contributed by atoms with van der Waals surface area (Å²) in [7, 11) is 2.15. The van der Waals surface area contributed by atoms with Gasteiger partial charge in [-0.3, -0.25) is 4.90 Å². The molecule has 0 bridgehead atoms. The van der Waals surface area contributed by atoms with Gasteiger partial charge in [0.25, 0.3) is 0 Å². The number of aryl methyl sites for hydroxylation is 1. The Kier molecular flexibility index (Phi) is 4.11. The second kappa shape index (κ2) is 6.48. The first-order chi connectivity index (χ1) is 12.8. The maximum Gasteiger partial charge on any atom is 0.123 e. The van der Waals surface area contributed by atoms with Crippen molar-refractivity contribution in [3.05, 3.63) is 52.5 Å². The number of rotatable bonds is 5. The fourth-order valence-corrected chi connectivity index (χ4v) is 5.38. The lowest BCUT2D eigenvalue weighted by Gasteiger charge is -2.29. The predicted molar refractivity (Wildman–Crippen MR) is 107 cm³/mol. The maximum absolute atomic E-state index is 4.94. The molecule has 3 heterocycles. The van der Waals surface area contributed by atoms with Crippen molar-refractivity contribution in [3.63, 3.8) is 0 Å². The van der Waals surface area contributed by atoms with E-state index in [0.29, 0.717) is 11.5 Å². The quantitative estimate of drug-likeness (QED) is 0.746. The van der Waals surface area contributed by atoms with Crippen LogP contribution in [0.5, 0.6) is 0 Å². The highest BCUT2D eigenvalue weighted by molar-refractivity contribution is 7.07. The number of hydrogen-bond donors (Lipinski definition) is 1. The Balaban J connectivity index is 1.43. The summed E-state index contributed by atoms with van der Waals surface area (Å²) in [6.45, 7) is 4.32. The van der Waals surface area contributed by atoms with Crippen molar-refractivity contribution in [2.75, 3.05) is 13.1 Å². The Morgan fingerprint density at radius 1 is 1.23 bits per heavy atom. The van der Waals surface area contributed by atoms with Gasteiger partial charge >= 0.3 is 0 Å². The van der Waals surface area contributed by atoms with Crippen molar-refractivity contribution < 1.29 is 0 Å². The monoisotopic (exact) mass is 366 g/mol. The third-order valence-electron chi connectivity index (χ3n) is 6.38. The average molecular weight is 367 g/mol. The second-order valence-corrected chi connectivity index (χ2v) is 8.72. The van der Waals surface area contributed by atoms with E-state index in [1.165, 1.54) is 49.3 Å². The number of imidazole rings is 1. The molecule has 2 aromatic heterocycles. The van der Waals surface area contributed by atoms with Crippen LogP contribution in [-0.4, -0.2) is 33.6 Å². The molecule has 5 heteroatoms. The number of nitrogens with zero attached hydrogens (tertiary/aromatic N) is 3. The molecule has 0 amide bonds. The van der Waals surface area contributed by atoms with Gasteiger partial charge in [0.2, 0.25) is 0 Å². The number of hydrogen-bond acceptors (Lipinski definition) is 4. The lowest BCUT2D eigenvalue weighted by Crippen LogP contribution is -2.36. The van der Waals surface area contributed by atoms with Crippen LogP contribution in [0.15, 0.2) is 41.1 Å². The molecule has 1 aromatic carbocycles. The minimum Gasteiger partial charge on any atom is -0.330 e. The summed E-state index contributed by atoms with van der Waals surface area (Å²) in [4.78, 5) is 7.63. The molecule has 1 saturated heterocycles. The van der Waals surface area contributed by atoms with Crippen LogP contribution >= 0.6 is 11.3 Å². The van der Waals surface area contributed by atoms with E-state index in [9.17, 15) is 0 Å². The van der Waals surface area contributed by atoms with Crippen LogP contribution in [-0.2, 0) is 20.1 Å². The predicted octanol–water partition coefficient (Wildman–Crippen LogP) is 3.78. The molecule has 26 heavy (non-hydrogen) atoms. The average Bonchev–Trinajstić information content (AvgIpc) is 3.00. The molecule has 2 aliphatic rings. The molecular formula is C21H26N4S. The molecule has 136 valence electrons. The molecule has 1 spiro atoms. The van der Waals surface area contributed by atoms with Gasteiger partial charge in [-0.25, -0.2) is 4.98 Å². The fraction of sp³-hybridized carbons (Fsp3) is 0.476. The van der Waals surface area contributed by atoms with Crippen molar-refractivity contribution in [2.24, 2.45) is 12.5 Å². The summed E-state index contributed by atoms with van der Waals surface area (Å²) < 4.78 is 2.27. The first kappa shape index (κ1) is 16.5. The molecule has 1 N–H and O–H groups in total. The smallest absolute Gasteiger partial charge is 0.123 e. The Hall–Kier alpha value is -1.69. The zero-order chi connectivity index (χ0) is 17.6. The second-order valence-electron chi connectivity index (χ2n) is 7.94. The number of para-hydroxylation sites is 2. The molecular weight excluding hydrogens is 340 g/mol. The zero-order valence-corrected chi connectivity index (χ0v) is 16.1. The molecule has 1 aliphatic carbocycles. The van der Waals surface area contributed by atoms with Crippen LogP contribution in [0.3, 0.4) is 0 Å². The molecule has 1 saturated carbocycles. The number of aromatic nitrogens is 2. The van der Waals surface area contributed by atoms with E-state index >= 15 is 0 Å². The van der Waals surface area contributed by atoms with Crippen molar-refractivity contribution in [3.8, 4) is 0 Å². The summed E-state index contributed by atoms with van der Waals surface area (Å²) in [5.74, 6) is 1.18. The number of benzene rings is 1. The first-order valence-corrected chi connectivity index (χ1v) is 10.6. The van der Waals surface area contributed by atoms with E-state index in [1.54, 1.807) is 11.3 Å². The Labute approximate surface area is 158 Å². The van der Waals surface area contributed by atoms with Gasteiger partial charge in [-0.2, -0.15) is 11.3 Å². The van der Waals surface area contributed by atoms with E-state index in [4.69, 9.17) is 4.98 Å². The van der Waals surface area contributed by atoms with Crippen LogP contribution in [0.25, 0.3) is 11.0 Å². The Bertz CT molecular complexity index is 892. The molecule has 4 nitrogen and oxygen atoms in total. The van der Waals surface area contributed by atoms with E-state index in [-0.39, 0.29) is 0 Å². The van der Waals surface area contributed by atoms with Gasteiger partial charge in [0.15, 0.2) is 0 Å². The molecule has 0 radical (unpaired) electrons. The van der Waals surface area contributed by atoms with Crippen molar-refractivity contribution in [1.29, 1.82) is 0 Å². The van der Waals surface area contributed by atoms with E-state index < -0.39 is 0 Å². The molecule has 1 aliphatic heterocycles. The Morgan fingerprint density at radius 3 is 2.85 bits per heavy atom. The lowest BCUT2D eigenvalue weighted by molar-refractivity contribution is 0.183. The van der Waals surface area contributed by atoms with E-state index in [0.717, 1.165) is 18.6 Å². The topological polar surface area (TPSA) is 33.1 Å². The normalized spacial score (nSPS) is 21.7. The van der Waals surface area contributed by atoms with Crippen LogP contribution in [0.1, 0.15) is 30.7 Å². The van der Waals surface area contributed by atoms with Crippen LogP contribution in [0.4, 0.5) is 0 Å². The van der Waals surface area contributed by atoms with Gasteiger partial charge in [0.05, 0.1) is 17.6 Å². The molecule has 3 aromatic rings. The zero-order valence-electron chi connectivity index (χ0n) is 15.3. The number of nitrogens with one attached hydrogen (secondary N) is 1. The minimum absolute atomic E-state index is 0.547. The lowest BCUT2D eigenvalue weighted by atomic mass is 9.93. The first-order valence-electron chi connectivity index (χ1n) is 9.61. The van der Waals surface area contributed by atoms with Gasteiger partial charge in [-0.05, 0) is 72.3 Å². The third-order valence-corrected chi connectivity index (χ3v) is 7.11. The molecule has 2 fully saturated rings. The summed E-state index contributed by atoms with van der Waals surface area (Å²) in [6, 6.07) is 11.4. The van der Waals surface area contributed by atoms with E-state index in [1.807, 2.05) is 0 Å². The molecule has 1 atom stereocenters. The van der Waals surface area contributed by atoms with Crippen molar-refractivity contribution >= 4 is 22.4 Å². The highest BCUT2D eigenvalue weighted by Gasteiger charge is 2.56. The van der Waals surface area contributed by atoms with Gasteiger partial charge < -0.3 is 9.88 Å². The summed E-state index contributed by atoms with van der Waals surface area (Å²) in [5, 5.41) is 8.01. The standard InChI is InChI=1S/C21H26N4S/c1-24-18-5-3-2-4-17(18)23-20(24)14-25(13-16-6-11-26-15-16)19-12-21(19)7-9-22-10-8-21/h2-6,11,15,19,22H,7-10,12-14H2,1H3/t19-/m1/s1. The number of piperidine rings is 1. The summed E-state index contributed by atoms with van der Waals surface area (Å²) in [6.07, 6.45) is 3.99. The van der Waals surface area contributed by atoms with Crippen molar-refractivity contribution in [1.82, 2.24) is 19.8 Å². The maximum atomic E-state index is 4.94. The van der Waals surface area contributed by atoms with E-state index in [2.05, 4.69) is 62.9 Å². The molecule has 5 rings (SSSR count). The number of fused-ring (bicyclic) bond motifs is 1. The highest BCUT2D eigenvalue weighted by Crippen LogP contribution is 2.56. The highest BCUT2D eigenvalue weighted by atomic mass is 32.1. The van der Waals surface area contributed by atoms with Crippen LogP contribution < -0.4 is 5.32 Å².